The van der Waals surface area contributed by atoms with Crippen molar-refractivity contribution in [2.24, 2.45) is 0 Å². The van der Waals surface area contributed by atoms with Gasteiger partial charge in [-0.1, -0.05) is 18.2 Å². The van der Waals surface area contributed by atoms with E-state index in [1.165, 1.54) is 0 Å². The minimum absolute atomic E-state index is 0.367. The van der Waals surface area contributed by atoms with Gasteiger partial charge in [0.1, 0.15) is 5.75 Å². The highest BCUT2D eigenvalue weighted by Crippen LogP contribution is 2.37. The lowest BCUT2D eigenvalue weighted by atomic mass is 10.1. The van der Waals surface area contributed by atoms with Crippen LogP contribution in [0.3, 0.4) is 0 Å². The van der Waals surface area contributed by atoms with Gasteiger partial charge in [-0.3, -0.25) is 0 Å². The summed E-state index contributed by atoms with van der Waals surface area (Å²) in [6, 6.07) is 6.93. The lowest BCUT2D eigenvalue weighted by molar-refractivity contribution is 0.370. The van der Waals surface area contributed by atoms with Gasteiger partial charge in [-0.05, 0) is 24.1 Å². The molecule has 3 nitrogen and oxygen atoms in total. The molecule has 1 aromatic carbocycles. The van der Waals surface area contributed by atoms with E-state index in [0.717, 1.165) is 12.0 Å². The topological polar surface area (TPSA) is 49.7 Å². The van der Waals surface area contributed by atoms with Crippen LogP contribution in [0.25, 0.3) is 0 Å². The van der Waals surface area contributed by atoms with Gasteiger partial charge in [0.05, 0.1) is 0 Å². The molecular formula is C9H11O3PS. The second-order valence-electron chi connectivity index (χ2n) is 2.72. The third-order valence-electron chi connectivity index (χ3n) is 1.53. The van der Waals surface area contributed by atoms with Crippen molar-refractivity contribution < 1.29 is 14.3 Å². The first-order valence-electron chi connectivity index (χ1n) is 3.96. The summed E-state index contributed by atoms with van der Waals surface area (Å²) < 4.78 is 4.75. The zero-order valence-electron chi connectivity index (χ0n) is 7.46. The summed E-state index contributed by atoms with van der Waals surface area (Å²) in [7, 11) is 0. The molecular weight excluding hydrogens is 219 g/mol. The van der Waals surface area contributed by atoms with Crippen LogP contribution in [0.15, 0.2) is 36.9 Å². The molecule has 0 aliphatic heterocycles. The van der Waals surface area contributed by atoms with Crippen LogP contribution in [0.2, 0.25) is 0 Å². The maximum atomic E-state index is 8.89. The maximum absolute atomic E-state index is 8.89. The first-order valence-corrected chi connectivity index (χ1v) is 6.59. The Morgan fingerprint density at radius 1 is 1.36 bits per heavy atom. The summed E-state index contributed by atoms with van der Waals surface area (Å²) >= 11 is 4.33. The maximum Gasteiger partial charge on any atom is 0.375 e. The summed E-state index contributed by atoms with van der Waals surface area (Å²) in [6.07, 6.45) is 2.56. The first kappa shape index (κ1) is 11.4. The van der Waals surface area contributed by atoms with Gasteiger partial charge < -0.3 is 14.3 Å². The highest BCUT2D eigenvalue weighted by Gasteiger charge is 2.09. The third kappa shape index (κ3) is 4.03. The van der Waals surface area contributed by atoms with Crippen molar-refractivity contribution in [2.45, 2.75) is 6.42 Å². The molecule has 0 unspecified atom stereocenters. The number of hydrogen-bond donors (Lipinski definition) is 2. The van der Waals surface area contributed by atoms with Crippen molar-refractivity contribution >= 4 is 18.5 Å². The summed E-state index contributed by atoms with van der Waals surface area (Å²) in [5, 5.41) is 0. The van der Waals surface area contributed by atoms with Crippen molar-refractivity contribution in [2.75, 3.05) is 0 Å². The Hall–Kier alpha value is -0.670. The van der Waals surface area contributed by atoms with Gasteiger partial charge in [0, 0.05) is 11.8 Å². The van der Waals surface area contributed by atoms with Gasteiger partial charge in [0.2, 0.25) is 0 Å². The number of allylic oxidation sites excluding steroid dienone is 1. The van der Waals surface area contributed by atoms with Crippen LogP contribution in [-0.4, -0.2) is 9.79 Å². The molecule has 0 atom stereocenters. The average Bonchev–Trinajstić information content (AvgIpc) is 2.06. The van der Waals surface area contributed by atoms with Crippen molar-refractivity contribution in [1.82, 2.24) is 0 Å². The molecule has 76 valence electrons. The van der Waals surface area contributed by atoms with Gasteiger partial charge in [0.25, 0.3) is 0 Å². The van der Waals surface area contributed by atoms with Gasteiger partial charge in [-0.25, -0.2) is 0 Å². The zero-order valence-corrected chi connectivity index (χ0v) is 9.17. The standard InChI is InChI=1S/C9H11O3PS/c1-2-3-8-4-6-9(7-5-8)12-13(10,11)14/h2,4-7H,1,3H2,(H2,10,11,14). The molecule has 0 radical (unpaired) electrons. The van der Waals surface area contributed by atoms with E-state index in [0.29, 0.717) is 5.75 Å². The zero-order chi connectivity index (χ0) is 10.6. The number of benzene rings is 1. The van der Waals surface area contributed by atoms with Crippen LogP contribution in [0.1, 0.15) is 5.56 Å². The molecule has 1 rings (SSSR count). The molecule has 0 spiro atoms. The Morgan fingerprint density at radius 2 is 1.93 bits per heavy atom. The molecule has 0 bridgehead atoms. The molecule has 0 aliphatic carbocycles. The molecule has 0 amide bonds. The number of rotatable bonds is 4. The average molecular weight is 230 g/mol. The smallest absolute Gasteiger partial charge is 0.375 e. The first-order chi connectivity index (χ1) is 6.51. The van der Waals surface area contributed by atoms with E-state index in [9.17, 15) is 0 Å². The Labute approximate surface area is 87.9 Å². The van der Waals surface area contributed by atoms with E-state index in [1.807, 2.05) is 12.1 Å². The molecule has 0 heterocycles. The van der Waals surface area contributed by atoms with Crippen molar-refractivity contribution in [1.29, 1.82) is 0 Å². The Balaban J connectivity index is 2.73. The predicted molar refractivity (Wildman–Crippen MR) is 59.7 cm³/mol. The van der Waals surface area contributed by atoms with Crippen molar-refractivity contribution in [3.63, 3.8) is 0 Å². The molecule has 1 aromatic rings. The second-order valence-corrected chi connectivity index (χ2v) is 5.31. The van der Waals surface area contributed by atoms with Crippen LogP contribution in [-0.2, 0) is 18.2 Å². The fourth-order valence-electron chi connectivity index (χ4n) is 0.990. The molecule has 0 saturated heterocycles. The van der Waals surface area contributed by atoms with Gasteiger partial charge in [0.15, 0.2) is 0 Å². The SMILES string of the molecule is C=CCc1ccc(OP(O)(O)=S)cc1. The van der Waals surface area contributed by atoms with Gasteiger partial charge in [-0.15, -0.1) is 6.58 Å². The summed E-state index contributed by atoms with van der Waals surface area (Å²) in [5.74, 6) is 0.367. The van der Waals surface area contributed by atoms with E-state index >= 15 is 0 Å². The largest absolute Gasteiger partial charge is 0.424 e. The molecule has 0 fully saturated rings. The number of hydrogen-bond acceptors (Lipinski definition) is 2. The Bertz CT molecular complexity index is 355. The lowest BCUT2D eigenvalue weighted by Crippen LogP contribution is -1.90. The van der Waals surface area contributed by atoms with E-state index in [-0.39, 0.29) is 0 Å². The monoisotopic (exact) mass is 230 g/mol. The summed E-state index contributed by atoms with van der Waals surface area (Å²) in [4.78, 5) is 17.8. The minimum atomic E-state index is -3.60. The Kier molecular flexibility index (Phi) is 3.84. The molecule has 14 heavy (non-hydrogen) atoms. The predicted octanol–water partition coefficient (Wildman–Crippen LogP) is 2.00. The van der Waals surface area contributed by atoms with E-state index in [4.69, 9.17) is 14.3 Å². The molecule has 2 N–H and O–H groups in total. The fraction of sp³-hybridized carbons (Fsp3) is 0.111. The van der Waals surface area contributed by atoms with Crippen LogP contribution in [0, 0.1) is 0 Å². The summed E-state index contributed by atoms with van der Waals surface area (Å²) in [6.45, 7) is 0.0104. The van der Waals surface area contributed by atoms with Crippen LogP contribution >= 0.6 is 6.72 Å². The molecule has 0 saturated carbocycles. The third-order valence-corrected chi connectivity index (χ3v) is 2.20. The van der Waals surface area contributed by atoms with Crippen molar-refractivity contribution in [3.05, 3.63) is 42.5 Å². The fourth-order valence-corrected chi connectivity index (χ4v) is 1.64. The minimum Gasteiger partial charge on any atom is -0.424 e. The van der Waals surface area contributed by atoms with E-state index in [1.54, 1.807) is 18.2 Å². The van der Waals surface area contributed by atoms with E-state index in [2.05, 4.69) is 18.4 Å². The van der Waals surface area contributed by atoms with Gasteiger partial charge in [-0.2, -0.15) is 0 Å². The highest BCUT2D eigenvalue weighted by atomic mass is 32.5. The molecule has 5 heteroatoms. The molecule has 0 aromatic heterocycles. The normalized spacial score (nSPS) is 11.0. The Morgan fingerprint density at radius 3 is 2.36 bits per heavy atom. The van der Waals surface area contributed by atoms with Crippen LogP contribution in [0.5, 0.6) is 5.75 Å². The van der Waals surface area contributed by atoms with Crippen LogP contribution in [0.4, 0.5) is 0 Å². The van der Waals surface area contributed by atoms with Gasteiger partial charge >= 0.3 is 6.72 Å². The quantitative estimate of drug-likeness (QED) is 0.613. The summed E-state index contributed by atoms with van der Waals surface area (Å²) in [5.41, 5.74) is 1.08. The van der Waals surface area contributed by atoms with E-state index < -0.39 is 6.72 Å². The second kappa shape index (κ2) is 4.71. The van der Waals surface area contributed by atoms with Crippen LogP contribution < -0.4 is 4.52 Å². The van der Waals surface area contributed by atoms with Crippen molar-refractivity contribution in [3.8, 4) is 5.75 Å². The molecule has 0 aliphatic rings. The lowest BCUT2D eigenvalue weighted by Gasteiger charge is -2.09. The highest BCUT2D eigenvalue weighted by molar-refractivity contribution is 8.06.